The van der Waals surface area contributed by atoms with Crippen molar-refractivity contribution < 1.29 is 8.83 Å². The third kappa shape index (κ3) is 2.33. The van der Waals surface area contributed by atoms with E-state index < -0.39 is 0 Å². The van der Waals surface area contributed by atoms with E-state index in [1.165, 1.54) is 0 Å². The number of hydrogen-bond donors (Lipinski definition) is 1. The maximum Gasteiger partial charge on any atom is 0.203 e. The van der Waals surface area contributed by atoms with E-state index in [-0.39, 0.29) is 6.04 Å². The van der Waals surface area contributed by atoms with Crippen LogP contribution >= 0.6 is 0 Å². The zero-order valence-corrected chi connectivity index (χ0v) is 8.93. The van der Waals surface area contributed by atoms with Crippen LogP contribution in [0.3, 0.4) is 0 Å². The molecule has 2 rings (SSSR count). The molecule has 0 saturated carbocycles. The van der Waals surface area contributed by atoms with Crippen molar-refractivity contribution in [1.82, 2.24) is 5.32 Å². The highest BCUT2D eigenvalue weighted by Gasteiger charge is 2.07. The van der Waals surface area contributed by atoms with Gasteiger partial charge in [0.05, 0.1) is 19.1 Å². The Morgan fingerprint density at radius 3 is 2.94 bits per heavy atom. The lowest BCUT2D eigenvalue weighted by Crippen LogP contribution is -2.17. The Bertz CT molecular complexity index is 479. The molecule has 0 aliphatic carbocycles. The molecule has 0 fully saturated rings. The Kier molecular flexibility index (Phi) is 3.08. The first-order chi connectivity index (χ1) is 7.79. The van der Waals surface area contributed by atoms with Crippen LogP contribution in [0.25, 0.3) is 0 Å². The molecular weight excluding hydrogens is 204 g/mol. The molecule has 82 valence electrons. The van der Waals surface area contributed by atoms with Crippen molar-refractivity contribution in [3.8, 4) is 6.07 Å². The lowest BCUT2D eigenvalue weighted by Gasteiger charge is -2.09. The van der Waals surface area contributed by atoms with Gasteiger partial charge in [0.15, 0.2) is 0 Å². The number of hydrogen-bond acceptors (Lipinski definition) is 4. The maximum absolute atomic E-state index is 8.60. The number of nitrogens with zero attached hydrogens (tertiary/aromatic N) is 1. The van der Waals surface area contributed by atoms with Crippen LogP contribution in [-0.2, 0) is 6.54 Å². The molecule has 0 aliphatic heterocycles. The topological polar surface area (TPSA) is 62.1 Å². The molecule has 1 N–H and O–H groups in total. The quantitative estimate of drug-likeness (QED) is 0.853. The fourth-order valence-corrected chi connectivity index (χ4v) is 1.43. The van der Waals surface area contributed by atoms with Crippen LogP contribution in [-0.4, -0.2) is 0 Å². The van der Waals surface area contributed by atoms with E-state index in [1.54, 1.807) is 24.7 Å². The number of rotatable bonds is 4. The summed E-state index contributed by atoms with van der Waals surface area (Å²) in [6, 6.07) is 7.52. The van der Waals surface area contributed by atoms with E-state index in [0.717, 1.165) is 11.3 Å². The first-order valence-electron chi connectivity index (χ1n) is 5.04. The van der Waals surface area contributed by atoms with Gasteiger partial charge in [-0.1, -0.05) is 0 Å². The minimum absolute atomic E-state index is 0.189. The predicted octanol–water partition coefficient (Wildman–Crippen LogP) is 2.60. The smallest absolute Gasteiger partial charge is 0.203 e. The van der Waals surface area contributed by atoms with Gasteiger partial charge < -0.3 is 14.2 Å². The molecule has 0 saturated heterocycles. The van der Waals surface area contributed by atoms with Gasteiger partial charge in [-0.05, 0) is 25.1 Å². The minimum Gasteiger partial charge on any atom is -0.472 e. The van der Waals surface area contributed by atoms with Gasteiger partial charge in [-0.2, -0.15) is 5.26 Å². The molecule has 4 heteroatoms. The summed E-state index contributed by atoms with van der Waals surface area (Å²) in [7, 11) is 0. The van der Waals surface area contributed by atoms with Crippen LogP contribution in [0, 0.1) is 11.3 Å². The summed E-state index contributed by atoms with van der Waals surface area (Å²) in [5.41, 5.74) is 1.09. The van der Waals surface area contributed by atoms with Crippen LogP contribution in [0.15, 0.2) is 39.6 Å². The molecule has 0 aliphatic rings. The number of furan rings is 2. The predicted molar refractivity (Wildman–Crippen MR) is 57.4 cm³/mol. The molecule has 0 bridgehead atoms. The Labute approximate surface area is 93.5 Å². The second kappa shape index (κ2) is 4.69. The van der Waals surface area contributed by atoms with Crippen molar-refractivity contribution in [2.75, 3.05) is 0 Å². The molecule has 16 heavy (non-hydrogen) atoms. The zero-order chi connectivity index (χ0) is 11.4. The molecule has 1 atom stereocenters. The summed E-state index contributed by atoms with van der Waals surface area (Å²) < 4.78 is 10.3. The van der Waals surface area contributed by atoms with E-state index in [1.807, 2.05) is 19.1 Å². The van der Waals surface area contributed by atoms with Crippen LogP contribution in [0.1, 0.15) is 30.0 Å². The molecule has 2 aromatic heterocycles. The lowest BCUT2D eigenvalue weighted by atomic mass is 10.2. The average molecular weight is 216 g/mol. The first kappa shape index (κ1) is 10.5. The summed E-state index contributed by atoms with van der Waals surface area (Å²) in [6.07, 6.45) is 3.36. The Hall–Kier alpha value is -1.99. The molecular formula is C12H12N2O2. The van der Waals surface area contributed by atoms with Crippen LogP contribution in [0.5, 0.6) is 0 Å². The van der Waals surface area contributed by atoms with Crippen molar-refractivity contribution in [3.63, 3.8) is 0 Å². The third-order valence-electron chi connectivity index (χ3n) is 2.40. The van der Waals surface area contributed by atoms with Gasteiger partial charge in [-0.25, -0.2) is 0 Å². The summed E-state index contributed by atoms with van der Waals surface area (Å²) in [4.78, 5) is 0. The first-order valence-corrected chi connectivity index (χ1v) is 5.04. The molecule has 4 nitrogen and oxygen atoms in total. The summed E-state index contributed by atoms with van der Waals surface area (Å²) in [6.45, 7) is 2.63. The van der Waals surface area contributed by atoms with Crippen molar-refractivity contribution in [1.29, 1.82) is 5.26 Å². The van der Waals surface area contributed by atoms with Crippen molar-refractivity contribution >= 4 is 0 Å². The summed E-state index contributed by atoms with van der Waals surface area (Å²) >= 11 is 0. The van der Waals surface area contributed by atoms with E-state index in [0.29, 0.717) is 12.3 Å². The molecule has 1 unspecified atom stereocenters. The van der Waals surface area contributed by atoms with Crippen molar-refractivity contribution in [2.45, 2.75) is 19.5 Å². The monoisotopic (exact) mass is 216 g/mol. The van der Waals surface area contributed by atoms with E-state index in [4.69, 9.17) is 14.1 Å². The maximum atomic E-state index is 8.60. The van der Waals surface area contributed by atoms with Crippen LogP contribution < -0.4 is 5.32 Å². The fraction of sp³-hybridized carbons (Fsp3) is 0.250. The second-order valence-electron chi connectivity index (χ2n) is 3.54. The lowest BCUT2D eigenvalue weighted by molar-refractivity contribution is 0.451. The highest BCUT2D eigenvalue weighted by molar-refractivity contribution is 5.19. The number of nitrogens with one attached hydrogen (secondary N) is 1. The van der Waals surface area contributed by atoms with Gasteiger partial charge in [0.2, 0.25) is 5.76 Å². The van der Waals surface area contributed by atoms with Gasteiger partial charge in [-0.3, -0.25) is 0 Å². The molecule has 0 radical (unpaired) electrons. The van der Waals surface area contributed by atoms with Gasteiger partial charge in [-0.15, -0.1) is 0 Å². The van der Waals surface area contributed by atoms with Gasteiger partial charge in [0, 0.05) is 11.6 Å². The SMILES string of the molecule is CC(NCc1ccc(C#N)o1)c1ccoc1. The Balaban J connectivity index is 1.90. The van der Waals surface area contributed by atoms with Crippen LogP contribution in [0.4, 0.5) is 0 Å². The van der Waals surface area contributed by atoms with Crippen molar-refractivity contribution in [3.05, 3.63) is 47.8 Å². The summed E-state index contributed by atoms with van der Waals surface area (Å²) in [5.74, 6) is 1.10. The van der Waals surface area contributed by atoms with Crippen molar-refractivity contribution in [2.24, 2.45) is 0 Å². The third-order valence-corrected chi connectivity index (χ3v) is 2.40. The highest BCUT2D eigenvalue weighted by Crippen LogP contribution is 2.14. The fourth-order valence-electron chi connectivity index (χ4n) is 1.43. The highest BCUT2D eigenvalue weighted by atomic mass is 16.3. The molecule has 0 amide bonds. The van der Waals surface area contributed by atoms with Gasteiger partial charge in [0.25, 0.3) is 0 Å². The van der Waals surface area contributed by atoms with E-state index >= 15 is 0 Å². The van der Waals surface area contributed by atoms with Gasteiger partial charge in [0.1, 0.15) is 11.8 Å². The standard InChI is InChI=1S/C12H12N2O2/c1-9(10-4-5-15-8-10)14-7-12-3-2-11(6-13)16-12/h2-5,8-9,14H,7H2,1H3. The molecule has 2 heterocycles. The van der Waals surface area contributed by atoms with E-state index in [9.17, 15) is 0 Å². The summed E-state index contributed by atoms with van der Waals surface area (Å²) in [5, 5.41) is 11.9. The molecule has 0 spiro atoms. The molecule has 2 aromatic rings. The average Bonchev–Trinajstić information content (AvgIpc) is 2.96. The normalized spacial score (nSPS) is 12.2. The second-order valence-corrected chi connectivity index (χ2v) is 3.54. The Morgan fingerprint density at radius 1 is 1.44 bits per heavy atom. The van der Waals surface area contributed by atoms with E-state index in [2.05, 4.69) is 5.32 Å². The largest absolute Gasteiger partial charge is 0.472 e. The van der Waals surface area contributed by atoms with Crippen LogP contribution in [0.2, 0.25) is 0 Å². The Morgan fingerprint density at radius 2 is 2.31 bits per heavy atom. The zero-order valence-electron chi connectivity index (χ0n) is 8.93. The minimum atomic E-state index is 0.189. The van der Waals surface area contributed by atoms with Gasteiger partial charge >= 0.3 is 0 Å². The number of nitriles is 1. The molecule has 0 aromatic carbocycles.